The Morgan fingerprint density at radius 1 is 1.46 bits per heavy atom. The smallest absolute Gasteiger partial charge is 0.211 e. The average Bonchev–Trinajstić information content (AvgIpc) is 2.03. The molecule has 2 heteroatoms. The van der Waals surface area contributed by atoms with E-state index in [0.29, 0.717) is 12.0 Å². The lowest BCUT2D eigenvalue weighted by molar-refractivity contribution is 0.257. The average molecular weight is 183 g/mol. The van der Waals surface area contributed by atoms with Gasteiger partial charge in [-0.15, -0.1) is 0 Å². The van der Waals surface area contributed by atoms with Crippen LogP contribution in [0.25, 0.3) is 0 Å². The molecule has 0 aromatic rings. The third kappa shape index (κ3) is 6.53. The van der Waals surface area contributed by atoms with Crippen molar-refractivity contribution in [3.8, 4) is 0 Å². The highest BCUT2D eigenvalue weighted by Gasteiger charge is 2.19. The van der Waals surface area contributed by atoms with E-state index in [-0.39, 0.29) is 0 Å². The van der Waals surface area contributed by atoms with Crippen LogP contribution in [0, 0.1) is 11.3 Å². The minimum absolute atomic E-state index is 0.301. The summed E-state index contributed by atoms with van der Waals surface area (Å²) in [7, 11) is 0. The highest BCUT2D eigenvalue weighted by atomic mass is 16.1. The third-order valence-corrected chi connectivity index (χ3v) is 2.56. The molecule has 0 radical (unpaired) electrons. The Morgan fingerprint density at radius 3 is 2.54 bits per heavy atom. The molecule has 0 aliphatic carbocycles. The summed E-state index contributed by atoms with van der Waals surface area (Å²) in [6.07, 6.45) is 4.99. The van der Waals surface area contributed by atoms with E-state index in [2.05, 4.69) is 32.7 Å². The zero-order chi connectivity index (χ0) is 10.3. The highest BCUT2D eigenvalue weighted by Crippen LogP contribution is 2.30. The zero-order valence-corrected chi connectivity index (χ0v) is 9.26. The van der Waals surface area contributed by atoms with Crippen molar-refractivity contribution in [1.29, 1.82) is 0 Å². The number of nitrogens with zero attached hydrogens (tertiary/aromatic N) is 1. The van der Waals surface area contributed by atoms with Crippen molar-refractivity contribution in [2.45, 2.75) is 47.0 Å². The Morgan fingerprint density at radius 2 is 2.08 bits per heavy atom. The lowest BCUT2D eigenvalue weighted by Gasteiger charge is -2.26. The molecule has 0 fully saturated rings. The van der Waals surface area contributed by atoms with Crippen molar-refractivity contribution < 1.29 is 4.79 Å². The van der Waals surface area contributed by atoms with Crippen molar-refractivity contribution in [3.05, 3.63) is 0 Å². The zero-order valence-electron chi connectivity index (χ0n) is 9.26. The van der Waals surface area contributed by atoms with Crippen LogP contribution >= 0.6 is 0 Å². The minimum atomic E-state index is 0.301. The van der Waals surface area contributed by atoms with E-state index in [1.807, 2.05) is 0 Å². The SMILES string of the molecule is CCC(C)CC(C)(C)CCN=C=O. The molecule has 0 spiro atoms. The summed E-state index contributed by atoms with van der Waals surface area (Å²) in [5.41, 5.74) is 0.301. The second-order valence-corrected chi connectivity index (χ2v) is 4.60. The molecule has 0 N–H and O–H groups in total. The number of isocyanates is 1. The Hall–Kier alpha value is -0.620. The molecule has 0 rings (SSSR count). The van der Waals surface area contributed by atoms with E-state index in [9.17, 15) is 4.79 Å². The molecule has 0 saturated heterocycles. The number of hydrogen-bond donors (Lipinski definition) is 0. The first-order chi connectivity index (χ1) is 6.02. The van der Waals surface area contributed by atoms with Gasteiger partial charge in [0, 0.05) is 0 Å². The van der Waals surface area contributed by atoms with Gasteiger partial charge >= 0.3 is 0 Å². The number of aliphatic imine (C=N–C) groups is 1. The van der Waals surface area contributed by atoms with Crippen LogP contribution in [0.3, 0.4) is 0 Å². The maximum atomic E-state index is 9.88. The fraction of sp³-hybridized carbons (Fsp3) is 0.909. The monoisotopic (exact) mass is 183 g/mol. The van der Waals surface area contributed by atoms with Gasteiger partial charge in [-0.2, -0.15) is 0 Å². The predicted octanol–water partition coefficient (Wildman–Crippen LogP) is 3.17. The summed E-state index contributed by atoms with van der Waals surface area (Å²) >= 11 is 0. The minimum Gasteiger partial charge on any atom is -0.211 e. The van der Waals surface area contributed by atoms with Crippen LogP contribution in [0.2, 0.25) is 0 Å². The van der Waals surface area contributed by atoms with E-state index in [0.717, 1.165) is 12.3 Å². The van der Waals surface area contributed by atoms with Crippen LogP contribution in [-0.2, 0) is 4.79 Å². The highest BCUT2D eigenvalue weighted by molar-refractivity contribution is 5.32. The second-order valence-electron chi connectivity index (χ2n) is 4.60. The molecule has 0 heterocycles. The van der Waals surface area contributed by atoms with Gasteiger partial charge in [-0.1, -0.05) is 34.1 Å². The summed E-state index contributed by atoms with van der Waals surface area (Å²) in [6, 6.07) is 0. The summed E-state index contributed by atoms with van der Waals surface area (Å²) in [5, 5.41) is 0. The van der Waals surface area contributed by atoms with Crippen molar-refractivity contribution in [2.24, 2.45) is 16.3 Å². The molecule has 1 atom stereocenters. The van der Waals surface area contributed by atoms with E-state index >= 15 is 0 Å². The van der Waals surface area contributed by atoms with Gasteiger partial charge in [0.05, 0.1) is 6.54 Å². The van der Waals surface area contributed by atoms with Crippen molar-refractivity contribution >= 4 is 6.08 Å². The maximum absolute atomic E-state index is 9.88. The van der Waals surface area contributed by atoms with Gasteiger partial charge in [-0.05, 0) is 24.2 Å². The molecular formula is C11H21NO. The molecule has 0 aromatic heterocycles. The molecule has 0 saturated carbocycles. The fourth-order valence-electron chi connectivity index (χ4n) is 1.59. The lowest BCUT2D eigenvalue weighted by atomic mass is 9.80. The lowest BCUT2D eigenvalue weighted by Crippen LogP contribution is -2.16. The van der Waals surface area contributed by atoms with Crippen LogP contribution in [0.15, 0.2) is 4.99 Å². The van der Waals surface area contributed by atoms with Gasteiger partial charge in [-0.25, -0.2) is 9.79 Å². The van der Waals surface area contributed by atoms with Gasteiger partial charge < -0.3 is 0 Å². The van der Waals surface area contributed by atoms with Crippen LogP contribution in [0.1, 0.15) is 47.0 Å². The fourth-order valence-corrected chi connectivity index (χ4v) is 1.59. The van der Waals surface area contributed by atoms with Gasteiger partial charge in [0.25, 0.3) is 0 Å². The van der Waals surface area contributed by atoms with Gasteiger partial charge in [0.15, 0.2) is 0 Å². The topological polar surface area (TPSA) is 29.4 Å². The van der Waals surface area contributed by atoms with Gasteiger partial charge in [0.1, 0.15) is 0 Å². The van der Waals surface area contributed by atoms with Gasteiger partial charge in [-0.3, -0.25) is 0 Å². The molecule has 0 amide bonds. The molecule has 1 unspecified atom stereocenters. The molecule has 0 aromatic carbocycles. The van der Waals surface area contributed by atoms with Crippen LogP contribution in [0.4, 0.5) is 0 Å². The quantitative estimate of drug-likeness (QED) is 0.459. The van der Waals surface area contributed by atoms with Crippen LogP contribution < -0.4 is 0 Å². The number of rotatable bonds is 6. The summed E-state index contributed by atoms with van der Waals surface area (Å²) in [6.45, 7) is 9.57. The van der Waals surface area contributed by atoms with E-state index in [1.54, 1.807) is 6.08 Å². The largest absolute Gasteiger partial charge is 0.234 e. The molecule has 13 heavy (non-hydrogen) atoms. The first-order valence-corrected chi connectivity index (χ1v) is 5.05. The Bertz CT molecular complexity index is 181. The van der Waals surface area contributed by atoms with E-state index in [4.69, 9.17) is 0 Å². The molecule has 0 bridgehead atoms. The Kier molecular flexibility index (Phi) is 5.65. The normalized spacial score (nSPS) is 13.5. The standard InChI is InChI=1S/C11H21NO/c1-5-10(2)8-11(3,4)6-7-12-9-13/h10H,5-8H2,1-4H3. The van der Waals surface area contributed by atoms with E-state index < -0.39 is 0 Å². The summed E-state index contributed by atoms with van der Waals surface area (Å²) in [4.78, 5) is 13.5. The Labute approximate surface area is 81.4 Å². The Balaban J connectivity index is 3.84. The first kappa shape index (κ1) is 12.4. The van der Waals surface area contributed by atoms with Crippen molar-refractivity contribution in [1.82, 2.24) is 0 Å². The summed E-state index contributed by atoms with van der Waals surface area (Å²) in [5.74, 6) is 0.759. The molecule has 0 aliphatic rings. The van der Waals surface area contributed by atoms with Crippen molar-refractivity contribution in [2.75, 3.05) is 6.54 Å². The predicted molar refractivity (Wildman–Crippen MR) is 55.5 cm³/mol. The van der Waals surface area contributed by atoms with E-state index in [1.165, 1.54) is 12.8 Å². The molecule has 0 aliphatic heterocycles. The second kappa shape index (κ2) is 5.93. The van der Waals surface area contributed by atoms with Crippen molar-refractivity contribution in [3.63, 3.8) is 0 Å². The molecular weight excluding hydrogens is 162 g/mol. The number of hydrogen-bond acceptors (Lipinski definition) is 2. The van der Waals surface area contributed by atoms with Gasteiger partial charge in [0.2, 0.25) is 6.08 Å². The molecule has 76 valence electrons. The molecule has 2 nitrogen and oxygen atoms in total. The summed E-state index contributed by atoms with van der Waals surface area (Å²) < 4.78 is 0. The third-order valence-electron chi connectivity index (χ3n) is 2.56. The number of carbonyl (C=O) groups excluding carboxylic acids is 1. The first-order valence-electron chi connectivity index (χ1n) is 5.05. The van der Waals surface area contributed by atoms with Crippen LogP contribution in [0.5, 0.6) is 0 Å². The maximum Gasteiger partial charge on any atom is 0.234 e. The van der Waals surface area contributed by atoms with Crippen LogP contribution in [-0.4, -0.2) is 12.6 Å².